The number of nitrogens with zero attached hydrogens (tertiary/aromatic N) is 2. The maximum absolute atomic E-state index is 13.8. The highest BCUT2D eigenvalue weighted by Gasteiger charge is 2.30. The van der Waals surface area contributed by atoms with E-state index in [0.717, 1.165) is 23.9 Å². The van der Waals surface area contributed by atoms with Gasteiger partial charge < -0.3 is 9.73 Å². The van der Waals surface area contributed by atoms with Gasteiger partial charge in [-0.3, -0.25) is 4.79 Å². The lowest BCUT2D eigenvalue weighted by Gasteiger charge is -2.11. The number of nitrogens with one attached hydrogen (secondary N) is 1. The van der Waals surface area contributed by atoms with E-state index in [4.69, 9.17) is 4.42 Å². The van der Waals surface area contributed by atoms with Crippen molar-refractivity contribution >= 4 is 23.4 Å². The molecule has 0 spiro atoms. The van der Waals surface area contributed by atoms with Crippen LogP contribution in [0.2, 0.25) is 0 Å². The molecule has 10 heteroatoms. The Morgan fingerprint density at radius 1 is 1.11 bits per heavy atom. The zero-order valence-corrected chi connectivity index (χ0v) is 15.1. The highest BCUT2D eigenvalue weighted by atomic mass is 32.2. The summed E-state index contributed by atoms with van der Waals surface area (Å²) in [5.41, 5.74) is -0.439. The van der Waals surface area contributed by atoms with Gasteiger partial charge in [0.25, 0.3) is 11.1 Å². The molecule has 3 rings (SSSR count). The summed E-state index contributed by atoms with van der Waals surface area (Å²) in [4.78, 5) is 12.2. The van der Waals surface area contributed by atoms with Gasteiger partial charge in [0, 0.05) is 5.69 Å². The van der Waals surface area contributed by atoms with Crippen molar-refractivity contribution in [2.75, 3.05) is 5.32 Å². The average Bonchev–Trinajstić information content (AvgIpc) is 3.10. The van der Waals surface area contributed by atoms with E-state index in [9.17, 15) is 22.4 Å². The van der Waals surface area contributed by atoms with Gasteiger partial charge in [0.1, 0.15) is 5.82 Å². The van der Waals surface area contributed by atoms with Crippen LogP contribution >= 0.6 is 11.8 Å². The van der Waals surface area contributed by atoms with Crippen LogP contribution in [0.3, 0.4) is 0 Å². The summed E-state index contributed by atoms with van der Waals surface area (Å²) >= 11 is 0.945. The number of anilines is 1. The zero-order chi connectivity index (χ0) is 20.3. The Bertz CT molecular complexity index is 973. The summed E-state index contributed by atoms with van der Waals surface area (Å²) in [5, 5.41) is 9.43. The number of benzene rings is 2. The molecule has 0 unspecified atom stereocenters. The first-order valence-corrected chi connectivity index (χ1v) is 8.85. The molecule has 3 aromatic rings. The SMILES string of the molecule is C[C@@H](Sc1nnc(-c2ccccc2F)o1)C(=O)Nc1ccc(C(F)(F)F)cc1. The molecule has 1 atom stereocenters. The maximum Gasteiger partial charge on any atom is 0.416 e. The van der Waals surface area contributed by atoms with E-state index in [1.165, 1.54) is 30.3 Å². The molecule has 0 fully saturated rings. The Balaban J connectivity index is 1.63. The topological polar surface area (TPSA) is 68.0 Å². The summed E-state index contributed by atoms with van der Waals surface area (Å²) in [6.45, 7) is 1.57. The predicted octanol–water partition coefficient (Wildman–Crippen LogP) is 5.01. The fourth-order valence-corrected chi connectivity index (χ4v) is 2.88. The van der Waals surface area contributed by atoms with Gasteiger partial charge in [-0.2, -0.15) is 13.2 Å². The molecule has 1 heterocycles. The number of hydrogen-bond donors (Lipinski definition) is 1. The predicted molar refractivity (Wildman–Crippen MR) is 95.1 cm³/mol. The van der Waals surface area contributed by atoms with Crippen LogP contribution in [0.15, 0.2) is 58.2 Å². The number of aromatic nitrogens is 2. The molecule has 0 aliphatic heterocycles. The van der Waals surface area contributed by atoms with Crippen LogP contribution in [0.5, 0.6) is 0 Å². The van der Waals surface area contributed by atoms with E-state index in [0.29, 0.717) is 0 Å². The number of halogens is 4. The van der Waals surface area contributed by atoms with Gasteiger partial charge in [0.15, 0.2) is 0 Å². The Labute approximate surface area is 161 Å². The van der Waals surface area contributed by atoms with Crippen molar-refractivity contribution in [2.45, 2.75) is 23.6 Å². The van der Waals surface area contributed by atoms with Gasteiger partial charge in [-0.05, 0) is 43.3 Å². The quantitative estimate of drug-likeness (QED) is 0.472. The molecule has 0 radical (unpaired) electrons. The highest BCUT2D eigenvalue weighted by Crippen LogP contribution is 2.30. The lowest BCUT2D eigenvalue weighted by atomic mass is 10.2. The molecular weight excluding hydrogens is 398 g/mol. The number of carbonyl (C=O) groups excluding carboxylic acids is 1. The van der Waals surface area contributed by atoms with Crippen LogP contribution in [0.4, 0.5) is 23.2 Å². The highest BCUT2D eigenvalue weighted by molar-refractivity contribution is 8.00. The fourth-order valence-electron chi connectivity index (χ4n) is 2.19. The number of alkyl halides is 3. The van der Waals surface area contributed by atoms with Gasteiger partial charge >= 0.3 is 6.18 Å². The van der Waals surface area contributed by atoms with Crippen LogP contribution < -0.4 is 5.32 Å². The average molecular weight is 411 g/mol. The largest absolute Gasteiger partial charge is 0.416 e. The molecule has 2 aromatic carbocycles. The van der Waals surface area contributed by atoms with Crippen molar-refractivity contribution in [3.05, 3.63) is 59.9 Å². The van der Waals surface area contributed by atoms with E-state index in [-0.39, 0.29) is 22.4 Å². The molecule has 5 nitrogen and oxygen atoms in total. The first-order valence-electron chi connectivity index (χ1n) is 7.97. The van der Waals surface area contributed by atoms with E-state index in [2.05, 4.69) is 15.5 Å². The normalized spacial score (nSPS) is 12.6. The first-order chi connectivity index (χ1) is 13.2. The minimum atomic E-state index is -4.44. The lowest BCUT2D eigenvalue weighted by Crippen LogP contribution is -2.22. The van der Waals surface area contributed by atoms with Crippen LogP contribution in [0.25, 0.3) is 11.5 Å². The minimum Gasteiger partial charge on any atom is -0.411 e. The number of hydrogen-bond acceptors (Lipinski definition) is 5. The van der Waals surface area contributed by atoms with E-state index in [1.807, 2.05) is 0 Å². The van der Waals surface area contributed by atoms with E-state index >= 15 is 0 Å². The fraction of sp³-hybridized carbons (Fsp3) is 0.167. The molecule has 0 bridgehead atoms. The van der Waals surface area contributed by atoms with Crippen LogP contribution in [0, 0.1) is 5.82 Å². The van der Waals surface area contributed by atoms with Gasteiger partial charge in [-0.1, -0.05) is 23.9 Å². The molecule has 0 saturated heterocycles. The first kappa shape index (κ1) is 19.9. The van der Waals surface area contributed by atoms with Crippen LogP contribution in [0.1, 0.15) is 12.5 Å². The second kappa shape index (κ2) is 8.01. The molecule has 0 aliphatic rings. The summed E-state index contributed by atoms with van der Waals surface area (Å²) in [5.74, 6) is -0.998. The third-order valence-corrected chi connectivity index (χ3v) is 4.57. The van der Waals surface area contributed by atoms with Crippen molar-refractivity contribution in [3.63, 3.8) is 0 Å². The number of thioether (sulfide) groups is 1. The zero-order valence-electron chi connectivity index (χ0n) is 14.3. The smallest absolute Gasteiger partial charge is 0.411 e. The number of carbonyl (C=O) groups is 1. The van der Waals surface area contributed by atoms with Crippen molar-refractivity contribution in [3.8, 4) is 11.5 Å². The van der Waals surface area contributed by atoms with Crippen molar-refractivity contribution in [1.29, 1.82) is 0 Å². The summed E-state index contributed by atoms with van der Waals surface area (Å²) < 4.78 is 56.8. The summed E-state index contributed by atoms with van der Waals surface area (Å²) in [7, 11) is 0. The van der Waals surface area contributed by atoms with E-state index in [1.54, 1.807) is 13.0 Å². The third kappa shape index (κ3) is 4.69. The molecule has 146 valence electrons. The molecule has 1 amide bonds. The number of rotatable bonds is 5. The molecular formula is C18H13F4N3O2S. The standard InChI is InChI=1S/C18H13F4N3O2S/c1-10(15(26)23-12-8-6-11(7-9-12)18(20,21)22)28-17-25-24-16(27-17)13-4-2-3-5-14(13)19/h2-10H,1H3,(H,23,26)/t10-/m1/s1. The Kier molecular flexibility index (Phi) is 5.68. The monoisotopic (exact) mass is 411 g/mol. The van der Waals surface area contributed by atoms with Crippen molar-refractivity contribution < 1.29 is 26.8 Å². The van der Waals surface area contributed by atoms with Crippen molar-refractivity contribution in [2.24, 2.45) is 0 Å². The van der Waals surface area contributed by atoms with Gasteiger partial charge in [-0.25, -0.2) is 4.39 Å². The van der Waals surface area contributed by atoms with Gasteiger partial charge in [-0.15, -0.1) is 10.2 Å². The van der Waals surface area contributed by atoms with Crippen molar-refractivity contribution in [1.82, 2.24) is 10.2 Å². The second-order valence-electron chi connectivity index (χ2n) is 5.68. The Morgan fingerprint density at radius 2 is 1.79 bits per heavy atom. The molecule has 0 saturated carbocycles. The molecule has 28 heavy (non-hydrogen) atoms. The summed E-state index contributed by atoms with van der Waals surface area (Å²) in [6, 6.07) is 9.99. The lowest BCUT2D eigenvalue weighted by molar-refractivity contribution is -0.137. The Hall–Kier alpha value is -2.88. The molecule has 1 N–H and O–H groups in total. The minimum absolute atomic E-state index is 0.0176. The maximum atomic E-state index is 13.8. The van der Waals surface area contributed by atoms with E-state index < -0.39 is 28.7 Å². The van der Waals surface area contributed by atoms with Crippen LogP contribution in [-0.4, -0.2) is 21.4 Å². The Morgan fingerprint density at radius 3 is 2.43 bits per heavy atom. The molecule has 0 aliphatic carbocycles. The van der Waals surface area contributed by atoms with Crippen LogP contribution in [-0.2, 0) is 11.0 Å². The van der Waals surface area contributed by atoms with Gasteiger partial charge in [0.05, 0.1) is 16.4 Å². The molecule has 1 aromatic heterocycles. The summed E-state index contributed by atoms with van der Waals surface area (Å²) in [6.07, 6.45) is -4.44. The second-order valence-corrected chi connectivity index (χ2v) is 6.97. The number of amides is 1. The van der Waals surface area contributed by atoms with Gasteiger partial charge in [0.2, 0.25) is 5.91 Å². The third-order valence-electron chi connectivity index (χ3n) is 3.64.